The van der Waals surface area contributed by atoms with Crippen molar-refractivity contribution in [3.63, 3.8) is 0 Å². The van der Waals surface area contributed by atoms with E-state index in [0.29, 0.717) is 6.10 Å². The van der Waals surface area contributed by atoms with Crippen LogP contribution in [0.3, 0.4) is 0 Å². The Hall–Kier alpha value is -1.06. The van der Waals surface area contributed by atoms with Gasteiger partial charge in [0, 0.05) is 6.42 Å². The van der Waals surface area contributed by atoms with Gasteiger partial charge in [0.05, 0.1) is 19.3 Å². The predicted molar refractivity (Wildman–Crippen MR) is 77.9 cm³/mol. The number of hydrogen-bond donors (Lipinski definition) is 1. The first-order valence-corrected chi connectivity index (χ1v) is 7.28. The molecule has 106 valence electrons. The molecule has 19 heavy (non-hydrogen) atoms. The Morgan fingerprint density at radius 3 is 2.74 bits per heavy atom. The van der Waals surface area contributed by atoms with Gasteiger partial charge in [0.25, 0.3) is 0 Å². The van der Waals surface area contributed by atoms with Crippen LogP contribution in [0, 0.1) is 13.8 Å². The molecular formula is C16H25NO2. The van der Waals surface area contributed by atoms with E-state index in [2.05, 4.69) is 37.4 Å². The van der Waals surface area contributed by atoms with E-state index in [9.17, 15) is 0 Å². The molecule has 3 nitrogen and oxygen atoms in total. The number of benzene rings is 1. The van der Waals surface area contributed by atoms with Crippen LogP contribution in [0.15, 0.2) is 18.2 Å². The minimum absolute atomic E-state index is 0.446. The van der Waals surface area contributed by atoms with Gasteiger partial charge < -0.3 is 14.8 Å². The molecule has 1 N–H and O–H groups in total. The zero-order chi connectivity index (χ0) is 13.5. The zero-order valence-corrected chi connectivity index (χ0v) is 12.1. The SMILES string of the molecule is Cc1ccc(C)c(OCCCOC2CCNCC2)c1. The fourth-order valence-electron chi connectivity index (χ4n) is 2.32. The van der Waals surface area contributed by atoms with Crippen LogP contribution in [0.5, 0.6) is 5.75 Å². The summed E-state index contributed by atoms with van der Waals surface area (Å²) in [7, 11) is 0. The van der Waals surface area contributed by atoms with Gasteiger partial charge >= 0.3 is 0 Å². The molecule has 0 radical (unpaired) electrons. The van der Waals surface area contributed by atoms with Gasteiger partial charge in [0.2, 0.25) is 0 Å². The smallest absolute Gasteiger partial charge is 0.122 e. The third kappa shape index (κ3) is 4.84. The van der Waals surface area contributed by atoms with Gasteiger partial charge in [0.15, 0.2) is 0 Å². The minimum Gasteiger partial charge on any atom is -0.493 e. The summed E-state index contributed by atoms with van der Waals surface area (Å²) >= 11 is 0. The van der Waals surface area contributed by atoms with Crippen LogP contribution in [-0.2, 0) is 4.74 Å². The summed E-state index contributed by atoms with van der Waals surface area (Å²) in [5, 5.41) is 3.34. The number of ether oxygens (including phenoxy) is 2. The third-order valence-corrected chi connectivity index (χ3v) is 3.53. The normalized spacial score (nSPS) is 16.5. The Kier molecular flexibility index (Phi) is 5.67. The average Bonchev–Trinajstić information content (AvgIpc) is 2.43. The average molecular weight is 263 g/mol. The maximum absolute atomic E-state index is 5.85. The van der Waals surface area contributed by atoms with E-state index in [1.54, 1.807) is 0 Å². The number of rotatable bonds is 6. The Morgan fingerprint density at radius 2 is 1.95 bits per heavy atom. The van der Waals surface area contributed by atoms with Gasteiger partial charge in [-0.05, 0) is 57.0 Å². The summed E-state index contributed by atoms with van der Waals surface area (Å²) < 4.78 is 11.7. The summed E-state index contributed by atoms with van der Waals surface area (Å²) in [6, 6.07) is 6.32. The molecule has 2 rings (SSSR count). The van der Waals surface area contributed by atoms with Crippen molar-refractivity contribution in [2.75, 3.05) is 26.3 Å². The molecule has 3 heteroatoms. The lowest BCUT2D eigenvalue weighted by atomic mass is 10.1. The second kappa shape index (κ2) is 7.51. The summed E-state index contributed by atoms with van der Waals surface area (Å²) in [6.07, 6.45) is 3.68. The van der Waals surface area contributed by atoms with Crippen molar-refractivity contribution in [3.05, 3.63) is 29.3 Å². The molecule has 0 spiro atoms. The van der Waals surface area contributed by atoms with Crippen LogP contribution in [0.2, 0.25) is 0 Å². The molecule has 1 heterocycles. The number of aryl methyl sites for hydroxylation is 2. The Labute approximate surface area is 116 Å². The largest absolute Gasteiger partial charge is 0.493 e. The first-order valence-electron chi connectivity index (χ1n) is 7.28. The molecule has 1 aromatic rings. The van der Waals surface area contributed by atoms with Crippen LogP contribution >= 0.6 is 0 Å². The van der Waals surface area contributed by atoms with Crippen LogP contribution in [0.25, 0.3) is 0 Å². The van der Waals surface area contributed by atoms with E-state index in [4.69, 9.17) is 9.47 Å². The highest BCUT2D eigenvalue weighted by atomic mass is 16.5. The van der Waals surface area contributed by atoms with Crippen LogP contribution in [0.4, 0.5) is 0 Å². The molecule has 1 aliphatic rings. The Bertz CT molecular complexity index is 386. The van der Waals surface area contributed by atoms with Crippen molar-refractivity contribution in [2.45, 2.75) is 39.2 Å². The molecule has 0 aromatic heterocycles. The second-order valence-electron chi connectivity index (χ2n) is 5.29. The van der Waals surface area contributed by atoms with Gasteiger partial charge in [-0.25, -0.2) is 0 Å². The van der Waals surface area contributed by atoms with Gasteiger partial charge in [-0.15, -0.1) is 0 Å². The molecule has 0 saturated carbocycles. The van der Waals surface area contributed by atoms with Crippen molar-refractivity contribution >= 4 is 0 Å². The monoisotopic (exact) mass is 263 g/mol. The van der Waals surface area contributed by atoms with Crippen LogP contribution < -0.4 is 10.1 Å². The fourth-order valence-corrected chi connectivity index (χ4v) is 2.32. The second-order valence-corrected chi connectivity index (χ2v) is 5.29. The highest BCUT2D eigenvalue weighted by molar-refractivity contribution is 5.35. The maximum Gasteiger partial charge on any atom is 0.122 e. The van der Waals surface area contributed by atoms with Gasteiger partial charge in [-0.2, -0.15) is 0 Å². The molecule has 0 atom stereocenters. The van der Waals surface area contributed by atoms with Gasteiger partial charge in [0.1, 0.15) is 5.75 Å². The first kappa shape index (κ1) is 14.4. The van der Waals surface area contributed by atoms with E-state index in [1.165, 1.54) is 11.1 Å². The molecule has 0 amide bonds. The molecule has 1 fully saturated rings. The van der Waals surface area contributed by atoms with Crippen molar-refractivity contribution < 1.29 is 9.47 Å². The number of nitrogens with one attached hydrogen (secondary N) is 1. The topological polar surface area (TPSA) is 30.5 Å². The molecule has 1 aliphatic heterocycles. The van der Waals surface area contributed by atoms with Crippen molar-refractivity contribution in [1.82, 2.24) is 5.32 Å². The lowest BCUT2D eigenvalue weighted by Crippen LogP contribution is -2.32. The fraction of sp³-hybridized carbons (Fsp3) is 0.625. The molecule has 0 unspecified atom stereocenters. The lowest BCUT2D eigenvalue weighted by molar-refractivity contribution is 0.0268. The molecule has 0 aliphatic carbocycles. The van der Waals surface area contributed by atoms with E-state index in [-0.39, 0.29) is 0 Å². The summed E-state index contributed by atoms with van der Waals surface area (Å²) in [5.41, 5.74) is 2.44. The molecule has 1 saturated heterocycles. The van der Waals surface area contributed by atoms with Crippen molar-refractivity contribution in [3.8, 4) is 5.75 Å². The number of hydrogen-bond acceptors (Lipinski definition) is 3. The lowest BCUT2D eigenvalue weighted by Gasteiger charge is -2.22. The van der Waals surface area contributed by atoms with Gasteiger partial charge in [-0.3, -0.25) is 0 Å². The summed E-state index contributed by atoms with van der Waals surface area (Å²) in [4.78, 5) is 0. The summed E-state index contributed by atoms with van der Waals surface area (Å²) in [5.74, 6) is 1.00. The standard InChI is InChI=1S/C16H25NO2/c1-13-4-5-14(2)16(12-13)19-11-3-10-18-15-6-8-17-9-7-15/h4-5,12,15,17H,3,6-11H2,1-2H3. The van der Waals surface area contributed by atoms with Crippen LogP contribution in [-0.4, -0.2) is 32.4 Å². The number of piperidine rings is 1. The van der Waals surface area contributed by atoms with E-state index < -0.39 is 0 Å². The molecule has 1 aromatic carbocycles. The van der Waals surface area contributed by atoms with Crippen LogP contribution in [0.1, 0.15) is 30.4 Å². The summed E-state index contributed by atoms with van der Waals surface area (Å²) in [6.45, 7) is 7.88. The van der Waals surface area contributed by atoms with E-state index in [0.717, 1.165) is 51.3 Å². The molecule has 0 bridgehead atoms. The maximum atomic E-state index is 5.85. The van der Waals surface area contributed by atoms with E-state index in [1.807, 2.05) is 0 Å². The minimum atomic E-state index is 0.446. The van der Waals surface area contributed by atoms with Gasteiger partial charge in [-0.1, -0.05) is 12.1 Å². The van der Waals surface area contributed by atoms with Crippen molar-refractivity contribution in [1.29, 1.82) is 0 Å². The highest BCUT2D eigenvalue weighted by Crippen LogP contribution is 2.19. The predicted octanol–water partition coefficient (Wildman–Crippen LogP) is 2.84. The quantitative estimate of drug-likeness (QED) is 0.801. The zero-order valence-electron chi connectivity index (χ0n) is 12.1. The Morgan fingerprint density at radius 1 is 1.16 bits per heavy atom. The van der Waals surface area contributed by atoms with E-state index >= 15 is 0 Å². The third-order valence-electron chi connectivity index (χ3n) is 3.53. The first-order chi connectivity index (χ1) is 9.25. The Balaban J connectivity index is 1.62. The van der Waals surface area contributed by atoms with Crippen molar-refractivity contribution in [2.24, 2.45) is 0 Å². The molecular weight excluding hydrogens is 238 g/mol. The highest BCUT2D eigenvalue weighted by Gasteiger charge is 2.12.